The Hall–Kier alpha value is -3.87. The van der Waals surface area contributed by atoms with Gasteiger partial charge >= 0.3 is 0 Å². The quantitative estimate of drug-likeness (QED) is 0.554. The fraction of sp³-hybridized carbons (Fsp3) is 0.0952. The number of nitrogens with zero attached hydrogens (tertiary/aromatic N) is 4. The van der Waals surface area contributed by atoms with E-state index in [0.29, 0.717) is 28.4 Å². The third-order valence-electron chi connectivity index (χ3n) is 4.49. The number of amides is 1. The van der Waals surface area contributed by atoms with Crippen LogP contribution in [0.4, 0.5) is 5.69 Å². The van der Waals surface area contributed by atoms with Gasteiger partial charge in [0.05, 0.1) is 0 Å². The number of Topliss-reactive ketones (excluding diaryl/α,β-unsaturated/α-hetero) is 1. The van der Waals surface area contributed by atoms with Crippen LogP contribution in [0, 0.1) is 6.92 Å². The molecule has 4 rings (SSSR count). The monoisotopic (exact) mass is 371 g/mol. The highest BCUT2D eigenvalue weighted by Gasteiger charge is 2.12. The molecule has 0 aliphatic carbocycles. The van der Waals surface area contributed by atoms with E-state index >= 15 is 0 Å². The van der Waals surface area contributed by atoms with Gasteiger partial charge < -0.3 is 5.32 Å². The summed E-state index contributed by atoms with van der Waals surface area (Å²) in [6, 6.07) is 14.2. The van der Waals surface area contributed by atoms with Crippen molar-refractivity contribution >= 4 is 23.2 Å². The van der Waals surface area contributed by atoms with Crippen molar-refractivity contribution in [1.29, 1.82) is 0 Å². The molecule has 0 fully saturated rings. The fourth-order valence-electron chi connectivity index (χ4n) is 2.88. The number of carbonyl (C=O) groups excluding carboxylic acids is 2. The second kappa shape index (κ2) is 7.03. The Labute approximate surface area is 161 Å². The van der Waals surface area contributed by atoms with Gasteiger partial charge in [-0.25, -0.2) is 4.98 Å². The van der Waals surface area contributed by atoms with Crippen LogP contribution in [0.15, 0.2) is 60.9 Å². The highest BCUT2D eigenvalue weighted by molar-refractivity contribution is 6.05. The molecule has 7 nitrogen and oxygen atoms in total. The molecule has 0 aliphatic heterocycles. The molecule has 4 aromatic rings. The maximum Gasteiger partial charge on any atom is 0.255 e. The van der Waals surface area contributed by atoms with Crippen LogP contribution in [0.1, 0.15) is 33.2 Å². The van der Waals surface area contributed by atoms with E-state index in [0.717, 1.165) is 11.1 Å². The maximum atomic E-state index is 12.6. The second-order valence-corrected chi connectivity index (χ2v) is 6.43. The predicted octanol–water partition coefficient (Wildman–Crippen LogP) is 3.55. The van der Waals surface area contributed by atoms with Gasteiger partial charge in [-0.3, -0.25) is 14.0 Å². The lowest BCUT2D eigenvalue weighted by Crippen LogP contribution is -2.13. The van der Waals surface area contributed by atoms with Gasteiger partial charge in [0.1, 0.15) is 0 Å². The SMILES string of the molecule is CC(=O)c1ccc(C)c(NC(=O)c2ccc(-c3nnc4ncccn34)cc2)c1. The van der Waals surface area contributed by atoms with Crippen LogP contribution in [0.5, 0.6) is 0 Å². The van der Waals surface area contributed by atoms with E-state index < -0.39 is 0 Å². The van der Waals surface area contributed by atoms with E-state index in [1.165, 1.54) is 6.92 Å². The number of aromatic nitrogens is 4. The van der Waals surface area contributed by atoms with Crippen molar-refractivity contribution < 1.29 is 9.59 Å². The van der Waals surface area contributed by atoms with Crippen LogP contribution in [0.25, 0.3) is 17.2 Å². The molecule has 1 amide bonds. The Bertz CT molecular complexity index is 1200. The summed E-state index contributed by atoms with van der Waals surface area (Å²) in [6.45, 7) is 3.38. The summed E-state index contributed by atoms with van der Waals surface area (Å²) < 4.78 is 1.78. The summed E-state index contributed by atoms with van der Waals surface area (Å²) in [4.78, 5) is 28.3. The Morgan fingerprint density at radius 1 is 1.00 bits per heavy atom. The molecule has 2 aromatic carbocycles. The molecule has 0 spiro atoms. The summed E-state index contributed by atoms with van der Waals surface area (Å²) in [5, 5.41) is 11.1. The third kappa shape index (κ3) is 3.25. The zero-order valence-electron chi connectivity index (χ0n) is 15.4. The van der Waals surface area contributed by atoms with Crippen LogP contribution in [0.2, 0.25) is 0 Å². The number of hydrogen-bond donors (Lipinski definition) is 1. The number of hydrogen-bond acceptors (Lipinski definition) is 5. The van der Waals surface area contributed by atoms with E-state index in [2.05, 4.69) is 20.5 Å². The Kier molecular flexibility index (Phi) is 4.41. The van der Waals surface area contributed by atoms with Gasteiger partial charge in [-0.1, -0.05) is 24.3 Å². The first-order chi connectivity index (χ1) is 13.5. The highest BCUT2D eigenvalue weighted by atomic mass is 16.1. The molecular weight excluding hydrogens is 354 g/mol. The minimum absolute atomic E-state index is 0.0464. The summed E-state index contributed by atoms with van der Waals surface area (Å²) in [5.41, 5.74) is 3.40. The minimum atomic E-state index is -0.247. The van der Waals surface area contributed by atoms with Crippen molar-refractivity contribution in [2.75, 3.05) is 5.32 Å². The number of ketones is 1. The topological polar surface area (TPSA) is 89.2 Å². The first kappa shape index (κ1) is 17.5. The molecule has 1 N–H and O–H groups in total. The molecule has 2 heterocycles. The summed E-state index contributed by atoms with van der Waals surface area (Å²) >= 11 is 0. The normalized spacial score (nSPS) is 10.8. The minimum Gasteiger partial charge on any atom is -0.322 e. The lowest BCUT2D eigenvalue weighted by atomic mass is 10.1. The van der Waals surface area contributed by atoms with Crippen LogP contribution in [0.3, 0.4) is 0 Å². The van der Waals surface area contributed by atoms with Crippen molar-refractivity contribution in [1.82, 2.24) is 19.6 Å². The summed E-state index contributed by atoms with van der Waals surface area (Å²) in [5.74, 6) is 0.873. The molecular formula is C21H17N5O2. The number of aryl methyl sites for hydroxylation is 1. The summed E-state index contributed by atoms with van der Waals surface area (Å²) in [6.07, 6.45) is 3.49. The third-order valence-corrected chi connectivity index (χ3v) is 4.49. The number of benzene rings is 2. The van der Waals surface area contributed by atoms with Gasteiger partial charge in [0.2, 0.25) is 0 Å². The lowest BCUT2D eigenvalue weighted by Gasteiger charge is -2.10. The Morgan fingerprint density at radius 2 is 1.75 bits per heavy atom. The van der Waals surface area contributed by atoms with Crippen LogP contribution < -0.4 is 5.32 Å². The van der Waals surface area contributed by atoms with Gasteiger partial charge in [0.25, 0.3) is 11.7 Å². The molecule has 0 bridgehead atoms. The van der Waals surface area contributed by atoms with Crippen LogP contribution in [-0.4, -0.2) is 31.3 Å². The fourth-order valence-corrected chi connectivity index (χ4v) is 2.88. The van der Waals surface area contributed by atoms with E-state index in [4.69, 9.17) is 0 Å². The highest BCUT2D eigenvalue weighted by Crippen LogP contribution is 2.21. The molecule has 0 radical (unpaired) electrons. The van der Waals surface area contributed by atoms with Crippen molar-refractivity contribution in [2.24, 2.45) is 0 Å². The maximum absolute atomic E-state index is 12.6. The van der Waals surface area contributed by atoms with E-state index in [1.807, 2.05) is 31.3 Å². The van der Waals surface area contributed by atoms with E-state index in [-0.39, 0.29) is 11.7 Å². The van der Waals surface area contributed by atoms with Gasteiger partial charge in [0.15, 0.2) is 11.6 Å². The van der Waals surface area contributed by atoms with Gasteiger partial charge in [-0.2, -0.15) is 0 Å². The zero-order valence-corrected chi connectivity index (χ0v) is 15.4. The van der Waals surface area contributed by atoms with Crippen molar-refractivity contribution in [2.45, 2.75) is 13.8 Å². The standard InChI is InChI=1S/C21H17N5O2/c1-13-4-5-17(14(2)27)12-18(13)23-20(28)16-8-6-15(7-9-16)19-24-25-21-22-10-3-11-26(19)21/h3-12H,1-2H3,(H,23,28). The van der Waals surface area contributed by atoms with Gasteiger partial charge in [-0.15, -0.1) is 10.2 Å². The molecule has 0 atom stereocenters. The number of fused-ring (bicyclic) bond motifs is 1. The average Bonchev–Trinajstić information content (AvgIpc) is 3.13. The molecule has 138 valence electrons. The van der Waals surface area contributed by atoms with Crippen LogP contribution in [-0.2, 0) is 0 Å². The van der Waals surface area contributed by atoms with E-state index in [1.54, 1.807) is 40.9 Å². The number of rotatable bonds is 4. The number of carbonyl (C=O) groups is 2. The second-order valence-electron chi connectivity index (χ2n) is 6.43. The molecule has 2 aromatic heterocycles. The van der Waals surface area contributed by atoms with Crippen molar-refractivity contribution in [3.05, 3.63) is 77.6 Å². The van der Waals surface area contributed by atoms with Gasteiger partial charge in [0, 0.05) is 34.8 Å². The van der Waals surface area contributed by atoms with Crippen molar-refractivity contribution in [3.63, 3.8) is 0 Å². The largest absolute Gasteiger partial charge is 0.322 e. The molecule has 0 aliphatic rings. The Balaban J connectivity index is 1.58. The first-order valence-electron chi connectivity index (χ1n) is 8.72. The molecule has 0 unspecified atom stereocenters. The van der Waals surface area contributed by atoms with Crippen LogP contribution >= 0.6 is 0 Å². The molecule has 0 saturated heterocycles. The van der Waals surface area contributed by atoms with Crippen molar-refractivity contribution in [3.8, 4) is 11.4 Å². The lowest BCUT2D eigenvalue weighted by molar-refractivity contribution is 0.101. The van der Waals surface area contributed by atoms with Gasteiger partial charge in [-0.05, 0) is 43.7 Å². The molecule has 0 saturated carbocycles. The average molecular weight is 371 g/mol. The number of anilines is 1. The molecule has 7 heteroatoms. The first-order valence-corrected chi connectivity index (χ1v) is 8.72. The smallest absolute Gasteiger partial charge is 0.255 e. The Morgan fingerprint density at radius 3 is 2.50 bits per heavy atom. The number of nitrogens with one attached hydrogen (secondary N) is 1. The molecule has 28 heavy (non-hydrogen) atoms. The van der Waals surface area contributed by atoms with E-state index in [9.17, 15) is 9.59 Å². The summed E-state index contributed by atoms with van der Waals surface area (Å²) in [7, 11) is 0. The zero-order chi connectivity index (χ0) is 19.7. The predicted molar refractivity (Wildman–Crippen MR) is 105 cm³/mol.